The molecule has 1 aromatic rings. The largest absolute Gasteiger partial charge is 0.508 e. The molecular formula is C9H11NO2. The zero-order chi connectivity index (χ0) is 8.97. The quantitative estimate of drug-likeness (QED) is 0.687. The lowest BCUT2D eigenvalue weighted by molar-refractivity contribution is -0.119. The third-order valence-electron chi connectivity index (χ3n) is 1.45. The van der Waals surface area contributed by atoms with Gasteiger partial charge in [-0.15, -0.1) is 0 Å². The summed E-state index contributed by atoms with van der Waals surface area (Å²) in [5, 5.41) is 11.7. The van der Waals surface area contributed by atoms with Crippen molar-refractivity contribution in [2.45, 2.75) is 13.5 Å². The van der Waals surface area contributed by atoms with Crippen LogP contribution in [0.25, 0.3) is 0 Å². The first-order valence-corrected chi connectivity index (χ1v) is 3.71. The number of benzene rings is 1. The van der Waals surface area contributed by atoms with Crippen LogP contribution in [0.15, 0.2) is 24.3 Å². The predicted octanol–water partition coefficient (Wildman–Crippen LogP) is 1.03. The summed E-state index contributed by atoms with van der Waals surface area (Å²) in [6, 6.07) is 6.80. The molecule has 0 fully saturated rings. The number of hydrogen-bond donors (Lipinski definition) is 2. The Morgan fingerprint density at radius 1 is 1.58 bits per heavy atom. The Morgan fingerprint density at radius 3 is 2.92 bits per heavy atom. The van der Waals surface area contributed by atoms with Gasteiger partial charge in [0.25, 0.3) is 0 Å². The van der Waals surface area contributed by atoms with Gasteiger partial charge in [-0.25, -0.2) is 0 Å². The fourth-order valence-electron chi connectivity index (χ4n) is 0.893. The molecule has 1 amide bonds. The first-order chi connectivity index (χ1) is 5.68. The number of nitrogens with one attached hydrogen (secondary N) is 1. The first-order valence-electron chi connectivity index (χ1n) is 3.71. The van der Waals surface area contributed by atoms with E-state index in [1.807, 2.05) is 6.07 Å². The molecule has 0 aromatic heterocycles. The number of aromatic hydroxyl groups is 1. The van der Waals surface area contributed by atoms with E-state index in [-0.39, 0.29) is 11.7 Å². The van der Waals surface area contributed by atoms with Crippen molar-refractivity contribution in [2.75, 3.05) is 0 Å². The topological polar surface area (TPSA) is 49.3 Å². The molecular weight excluding hydrogens is 154 g/mol. The minimum absolute atomic E-state index is 0.0710. The minimum Gasteiger partial charge on any atom is -0.508 e. The van der Waals surface area contributed by atoms with Crippen molar-refractivity contribution in [2.24, 2.45) is 0 Å². The second-order valence-electron chi connectivity index (χ2n) is 2.58. The molecule has 0 bridgehead atoms. The van der Waals surface area contributed by atoms with Gasteiger partial charge in [0.1, 0.15) is 5.75 Å². The van der Waals surface area contributed by atoms with Crippen LogP contribution in [0.2, 0.25) is 0 Å². The summed E-state index contributed by atoms with van der Waals surface area (Å²) < 4.78 is 0. The second kappa shape index (κ2) is 3.76. The van der Waals surface area contributed by atoms with Crippen LogP contribution in [-0.2, 0) is 11.3 Å². The zero-order valence-corrected chi connectivity index (χ0v) is 6.87. The summed E-state index contributed by atoms with van der Waals surface area (Å²) in [5.74, 6) is 0.149. The Hall–Kier alpha value is -1.51. The Kier molecular flexibility index (Phi) is 2.69. The molecule has 64 valence electrons. The van der Waals surface area contributed by atoms with E-state index in [4.69, 9.17) is 5.11 Å². The van der Waals surface area contributed by atoms with Gasteiger partial charge in [-0.05, 0) is 17.7 Å². The summed E-state index contributed by atoms with van der Waals surface area (Å²) in [6.07, 6.45) is 0. The van der Waals surface area contributed by atoms with Crippen molar-refractivity contribution in [3.8, 4) is 5.75 Å². The molecule has 1 aromatic carbocycles. The zero-order valence-electron chi connectivity index (χ0n) is 6.87. The lowest BCUT2D eigenvalue weighted by Crippen LogP contribution is -2.18. The second-order valence-corrected chi connectivity index (χ2v) is 2.58. The highest BCUT2D eigenvalue weighted by molar-refractivity contribution is 5.72. The molecule has 0 saturated heterocycles. The third-order valence-corrected chi connectivity index (χ3v) is 1.45. The van der Waals surface area contributed by atoms with Gasteiger partial charge in [-0.1, -0.05) is 12.1 Å². The highest BCUT2D eigenvalue weighted by atomic mass is 16.3. The monoisotopic (exact) mass is 165 g/mol. The van der Waals surface area contributed by atoms with Gasteiger partial charge in [-0.2, -0.15) is 0 Å². The molecule has 3 heteroatoms. The summed E-state index contributed by atoms with van der Waals surface area (Å²) in [5.41, 5.74) is 0.894. The fourth-order valence-corrected chi connectivity index (χ4v) is 0.893. The standard InChI is InChI=1S/C9H11NO2/c1-7(11)10-6-8-3-2-4-9(12)5-8/h2-5,12H,6H2,1H3,(H,10,11). The van der Waals surface area contributed by atoms with Crippen LogP contribution >= 0.6 is 0 Å². The average molecular weight is 165 g/mol. The number of rotatable bonds is 2. The maximum atomic E-state index is 10.5. The summed E-state index contributed by atoms with van der Waals surface area (Å²) in [7, 11) is 0. The third kappa shape index (κ3) is 2.62. The van der Waals surface area contributed by atoms with Crippen molar-refractivity contribution in [1.29, 1.82) is 0 Å². The Labute approximate surface area is 71.0 Å². The maximum Gasteiger partial charge on any atom is 0.217 e. The Balaban J connectivity index is 2.57. The molecule has 0 aliphatic carbocycles. The van der Waals surface area contributed by atoms with Gasteiger partial charge in [0.2, 0.25) is 5.91 Å². The van der Waals surface area contributed by atoms with E-state index in [2.05, 4.69) is 5.32 Å². The molecule has 0 saturated carbocycles. The molecule has 3 nitrogen and oxygen atoms in total. The van der Waals surface area contributed by atoms with Crippen LogP contribution in [0.3, 0.4) is 0 Å². The summed E-state index contributed by atoms with van der Waals surface area (Å²) in [4.78, 5) is 10.5. The van der Waals surface area contributed by atoms with E-state index in [0.29, 0.717) is 6.54 Å². The van der Waals surface area contributed by atoms with Gasteiger partial charge in [0, 0.05) is 13.5 Å². The smallest absolute Gasteiger partial charge is 0.217 e. The molecule has 0 heterocycles. The molecule has 2 N–H and O–H groups in total. The molecule has 0 radical (unpaired) electrons. The van der Waals surface area contributed by atoms with Crippen molar-refractivity contribution in [3.05, 3.63) is 29.8 Å². The lowest BCUT2D eigenvalue weighted by atomic mass is 10.2. The van der Waals surface area contributed by atoms with Crippen molar-refractivity contribution < 1.29 is 9.90 Å². The van der Waals surface area contributed by atoms with Gasteiger partial charge >= 0.3 is 0 Å². The lowest BCUT2D eigenvalue weighted by Gasteiger charge is -2.01. The summed E-state index contributed by atoms with van der Waals surface area (Å²) in [6.45, 7) is 1.92. The molecule has 0 aliphatic heterocycles. The number of hydrogen-bond acceptors (Lipinski definition) is 2. The molecule has 0 aliphatic rings. The van der Waals surface area contributed by atoms with Crippen molar-refractivity contribution >= 4 is 5.91 Å². The van der Waals surface area contributed by atoms with E-state index in [9.17, 15) is 4.79 Å². The Morgan fingerprint density at radius 2 is 2.33 bits per heavy atom. The normalized spacial score (nSPS) is 9.42. The van der Waals surface area contributed by atoms with E-state index in [1.165, 1.54) is 6.92 Å². The number of amides is 1. The molecule has 1 rings (SSSR count). The molecule has 12 heavy (non-hydrogen) atoms. The van der Waals surface area contributed by atoms with E-state index in [1.54, 1.807) is 18.2 Å². The first kappa shape index (κ1) is 8.59. The number of phenols is 1. The average Bonchev–Trinajstić information content (AvgIpc) is 2.01. The SMILES string of the molecule is CC(=O)NCc1cccc(O)c1. The van der Waals surface area contributed by atoms with Crippen molar-refractivity contribution in [1.82, 2.24) is 5.32 Å². The fraction of sp³-hybridized carbons (Fsp3) is 0.222. The van der Waals surface area contributed by atoms with Gasteiger partial charge in [0.15, 0.2) is 0 Å². The van der Waals surface area contributed by atoms with E-state index < -0.39 is 0 Å². The number of phenolic OH excluding ortho intramolecular Hbond substituents is 1. The van der Waals surface area contributed by atoms with Crippen LogP contribution < -0.4 is 5.32 Å². The van der Waals surface area contributed by atoms with Crippen LogP contribution in [0.5, 0.6) is 5.75 Å². The minimum atomic E-state index is -0.0710. The summed E-state index contributed by atoms with van der Waals surface area (Å²) >= 11 is 0. The van der Waals surface area contributed by atoms with Crippen LogP contribution in [0.1, 0.15) is 12.5 Å². The molecule has 0 spiro atoms. The van der Waals surface area contributed by atoms with E-state index in [0.717, 1.165) is 5.56 Å². The molecule has 0 atom stereocenters. The maximum absolute atomic E-state index is 10.5. The van der Waals surface area contributed by atoms with Crippen LogP contribution in [-0.4, -0.2) is 11.0 Å². The molecule has 0 unspecified atom stereocenters. The number of carbonyl (C=O) groups is 1. The number of carbonyl (C=O) groups excluding carboxylic acids is 1. The van der Waals surface area contributed by atoms with Crippen LogP contribution in [0.4, 0.5) is 0 Å². The van der Waals surface area contributed by atoms with Gasteiger partial charge in [-0.3, -0.25) is 4.79 Å². The van der Waals surface area contributed by atoms with Crippen LogP contribution in [0, 0.1) is 0 Å². The highest BCUT2D eigenvalue weighted by Crippen LogP contribution is 2.10. The van der Waals surface area contributed by atoms with Gasteiger partial charge < -0.3 is 10.4 Å². The highest BCUT2D eigenvalue weighted by Gasteiger charge is 1.94. The van der Waals surface area contributed by atoms with Crippen molar-refractivity contribution in [3.63, 3.8) is 0 Å². The predicted molar refractivity (Wildman–Crippen MR) is 45.6 cm³/mol. The Bertz CT molecular complexity index is 284. The van der Waals surface area contributed by atoms with E-state index >= 15 is 0 Å². The van der Waals surface area contributed by atoms with Gasteiger partial charge in [0.05, 0.1) is 0 Å².